The predicted molar refractivity (Wildman–Crippen MR) is 125 cm³/mol. The van der Waals surface area contributed by atoms with Crippen LogP contribution in [0, 0.1) is 13.8 Å². The van der Waals surface area contributed by atoms with Crippen LogP contribution in [0.3, 0.4) is 0 Å². The Morgan fingerprint density at radius 2 is 1.83 bits per heavy atom. The lowest BCUT2D eigenvalue weighted by Gasteiger charge is -2.26. The number of aliphatic imine (C=N–C) groups is 1. The fourth-order valence-corrected chi connectivity index (χ4v) is 4.17. The van der Waals surface area contributed by atoms with Crippen molar-refractivity contribution in [2.45, 2.75) is 58.9 Å². The van der Waals surface area contributed by atoms with Gasteiger partial charge in [-0.2, -0.15) is 5.10 Å². The smallest absolute Gasteiger partial charge is 0.191 e. The lowest BCUT2D eigenvalue weighted by molar-refractivity contribution is 0.224. The predicted octanol–water partition coefficient (Wildman–Crippen LogP) is 3.81. The zero-order valence-electron chi connectivity index (χ0n) is 19.0. The van der Waals surface area contributed by atoms with Gasteiger partial charge in [0.15, 0.2) is 5.96 Å². The van der Waals surface area contributed by atoms with Gasteiger partial charge in [-0.15, -0.1) is 0 Å². The van der Waals surface area contributed by atoms with Crippen LogP contribution in [-0.4, -0.2) is 53.9 Å². The highest BCUT2D eigenvalue weighted by Gasteiger charge is 2.10. The van der Waals surface area contributed by atoms with E-state index < -0.39 is 0 Å². The number of likely N-dealkylation sites (tertiary alicyclic amines) is 1. The summed E-state index contributed by atoms with van der Waals surface area (Å²) in [4.78, 5) is 7.00. The van der Waals surface area contributed by atoms with Crippen LogP contribution < -0.4 is 10.6 Å². The summed E-state index contributed by atoms with van der Waals surface area (Å²) in [5.74, 6) is 0.856. The Bertz CT molecular complexity index is 804. The summed E-state index contributed by atoms with van der Waals surface area (Å²) in [6, 6.07) is 10.5. The second-order valence-electron chi connectivity index (χ2n) is 8.28. The van der Waals surface area contributed by atoms with Crippen molar-refractivity contribution in [3.63, 3.8) is 0 Å². The lowest BCUT2D eigenvalue weighted by atomic mass is 10.1. The third-order valence-corrected chi connectivity index (χ3v) is 5.79. The van der Waals surface area contributed by atoms with Crippen LogP contribution in [0.4, 0.5) is 0 Å². The Kier molecular flexibility index (Phi) is 8.75. The first-order valence-corrected chi connectivity index (χ1v) is 11.5. The molecule has 1 aliphatic heterocycles. The standard InChI is InChI=1S/C24H38N6/c1-20-18-21(2)30(28-20)23-13-7-6-12-22(23)19-27-24(25-3)26-14-8-4-9-15-29-16-10-5-11-17-29/h6-7,12-13,18H,4-5,8-11,14-17,19H2,1-3H3,(H2,25,26,27). The van der Waals surface area contributed by atoms with E-state index in [1.165, 1.54) is 63.7 Å². The Labute approximate surface area is 181 Å². The molecule has 1 aliphatic rings. The summed E-state index contributed by atoms with van der Waals surface area (Å²) in [5.41, 5.74) is 4.50. The third-order valence-electron chi connectivity index (χ3n) is 5.79. The molecule has 164 valence electrons. The normalized spacial score (nSPS) is 15.4. The Morgan fingerprint density at radius 3 is 2.57 bits per heavy atom. The summed E-state index contributed by atoms with van der Waals surface area (Å²) in [7, 11) is 1.83. The molecule has 1 aromatic heterocycles. The number of unbranched alkanes of at least 4 members (excludes halogenated alkanes) is 2. The van der Waals surface area contributed by atoms with Gasteiger partial charge < -0.3 is 15.5 Å². The first-order valence-electron chi connectivity index (χ1n) is 11.5. The van der Waals surface area contributed by atoms with Gasteiger partial charge in [-0.25, -0.2) is 4.68 Å². The highest BCUT2D eigenvalue weighted by Crippen LogP contribution is 2.17. The van der Waals surface area contributed by atoms with Crippen molar-refractivity contribution in [1.29, 1.82) is 0 Å². The lowest BCUT2D eigenvalue weighted by Crippen LogP contribution is -2.37. The number of hydrogen-bond acceptors (Lipinski definition) is 3. The average molecular weight is 411 g/mol. The van der Waals surface area contributed by atoms with E-state index in [0.29, 0.717) is 6.54 Å². The molecule has 6 nitrogen and oxygen atoms in total. The highest BCUT2D eigenvalue weighted by molar-refractivity contribution is 5.79. The molecule has 6 heteroatoms. The van der Waals surface area contributed by atoms with E-state index in [4.69, 9.17) is 0 Å². The van der Waals surface area contributed by atoms with Gasteiger partial charge in [0.1, 0.15) is 0 Å². The van der Waals surface area contributed by atoms with Crippen molar-refractivity contribution in [2.24, 2.45) is 4.99 Å². The summed E-state index contributed by atoms with van der Waals surface area (Å²) in [5, 5.41) is 11.5. The van der Waals surface area contributed by atoms with E-state index in [2.05, 4.69) is 62.9 Å². The van der Waals surface area contributed by atoms with Crippen LogP contribution >= 0.6 is 0 Å². The van der Waals surface area contributed by atoms with Crippen molar-refractivity contribution >= 4 is 5.96 Å². The van der Waals surface area contributed by atoms with Crippen LogP contribution in [0.5, 0.6) is 0 Å². The van der Waals surface area contributed by atoms with Crippen molar-refractivity contribution < 1.29 is 0 Å². The van der Waals surface area contributed by atoms with E-state index in [1.807, 2.05) is 18.7 Å². The van der Waals surface area contributed by atoms with E-state index in [0.717, 1.165) is 29.6 Å². The molecular weight excluding hydrogens is 372 g/mol. The van der Waals surface area contributed by atoms with Gasteiger partial charge in [-0.05, 0) is 76.9 Å². The SMILES string of the molecule is CN=C(NCCCCCN1CCCCC1)NCc1ccccc1-n1nc(C)cc1C. The first kappa shape index (κ1) is 22.3. The molecule has 0 radical (unpaired) electrons. The number of aromatic nitrogens is 2. The van der Waals surface area contributed by atoms with Crippen LogP contribution in [0.1, 0.15) is 55.5 Å². The van der Waals surface area contributed by atoms with E-state index in [9.17, 15) is 0 Å². The molecule has 2 heterocycles. The maximum absolute atomic E-state index is 4.64. The molecular formula is C24H38N6. The van der Waals surface area contributed by atoms with Gasteiger partial charge >= 0.3 is 0 Å². The largest absolute Gasteiger partial charge is 0.356 e. The number of aryl methyl sites for hydroxylation is 2. The Balaban J connectivity index is 1.41. The maximum atomic E-state index is 4.64. The monoisotopic (exact) mass is 410 g/mol. The number of benzene rings is 1. The van der Waals surface area contributed by atoms with Crippen LogP contribution in [0.25, 0.3) is 5.69 Å². The average Bonchev–Trinajstić information content (AvgIpc) is 3.11. The topological polar surface area (TPSA) is 57.5 Å². The molecule has 0 aliphatic carbocycles. The second kappa shape index (κ2) is 11.7. The maximum Gasteiger partial charge on any atom is 0.191 e. The van der Waals surface area contributed by atoms with Gasteiger partial charge in [0.25, 0.3) is 0 Å². The van der Waals surface area contributed by atoms with Crippen molar-refractivity contribution in [3.05, 3.63) is 47.3 Å². The van der Waals surface area contributed by atoms with E-state index >= 15 is 0 Å². The molecule has 3 rings (SSSR count). The van der Waals surface area contributed by atoms with Gasteiger partial charge in [0.2, 0.25) is 0 Å². The fourth-order valence-electron chi connectivity index (χ4n) is 4.17. The molecule has 0 amide bonds. The molecule has 0 bridgehead atoms. The number of nitrogens with one attached hydrogen (secondary N) is 2. The minimum atomic E-state index is 0.711. The highest BCUT2D eigenvalue weighted by atomic mass is 15.3. The quantitative estimate of drug-likeness (QED) is 0.375. The molecule has 0 unspecified atom stereocenters. The van der Waals surface area contributed by atoms with Gasteiger partial charge in [0.05, 0.1) is 11.4 Å². The fraction of sp³-hybridized carbons (Fsp3) is 0.583. The number of guanidine groups is 1. The van der Waals surface area contributed by atoms with E-state index in [1.54, 1.807) is 0 Å². The minimum Gasteiger partial charge on any atom is -0.356 e. The molecule has 1 fully saturated rings. The number of rotatable bonds is 9. The summed E-state index contributed by atoms with van der Waals surface area (Å²) in [6.45, 7) is 9.65. The van der Waals surface area contributed by atoms with Crippen molar-refractivity contribution in [1.82, 2.24) is 25.3 Å². The van der Waals surface area contributed by atoms with E-state index in [-0.39, 0.29) is 0 Å². The molecule has 1 aromatic carbocycles. The molecule has 0 spiro atoms. The molecule has 1 saturated heterocycles. The van der Waals surface area contributed by atoms with Crippen molar-refractivity contribution in [3.8, 4) is 5.69 Å². The Morgan fingerprint density at radius 1 is 1.03 bits per heavy atom. The van der Waals surface area contributed by atoms with Gasteiger partial charge in [-0.1, -0.05) is 31.0 Å². The molecule has 0 atom stereocenters. The second-order valence-corrected chi connectivity index (χ2v) is 8.28. The number of hydrogen-bond donors (Lipinski definition) is 2. The van der Waals surface area contributed by atoms with Gasteiger partial charge in [0, 0.05) is 25.8 Å². The summed E-state index contributed by atoms with van der Waals surface area (Å²) >= 11 is 0. The van der Waals surface area contributed by atoms with Crippen LogP contribution in [0.15, 0.2) is 35.3 Å². The van der Waals surface area contributed by atoms with Crippen LogP contribution in [0.2, 0.25) is 0 Å². The number of piperidine rings is 1. The van der Waals surface area contributed by atoms with Crippen LogP contribution in [-0.2, 0) is 6.54 Å². The summed E-state index contributed by atoms with van der Waals surface area (Å²) < 4.78 is 2.02. The minimum absolute atomic E-state index is 0.711. The number of para-hydroxylation sites is 1. The van der Waals surface area contributed by atoms with Crippen molar-refractivity contribution in [2.75, 3.05) is 33.2 Å². The molecule has 30 heavy (non-hydrogen) atoms. The Hall–Kier alpha value is -2.34. The molecule has 2 aromatic rings. The third kappa shape index (κ3) is 6.59. The zero-order valence-corrected chi connectivity index (χ0v) is 19.0. The molecule has 0 saturated carbocycles. The number of nitrogens with zero attached hydrogens (tertiary/aromatic N) is 4. The zero-order chi connectivity index (χ0) is 21.2. The summed E-state index contributed by atoms with van der Waals surface area (Å²) in [6.07, 6.45) is 7.92. The van der Waals surface area contributed by atoms with Gasteiger partial charge in [-0.3, -0.25) is 4.99 Å². The molecule has 2 N–H and O–H groups in total. The first-order chi connectivity index (χ1) is 14.7.